The van der Waals surface area contributed by atoms with Crippen LogP contribution < -0.4 is 4.90 Å². The van der Waals surface area contributed by atoms with Crippen LogP contribution in [0, 0.1) is 5.82 Å². The Morgan fingerprint density at radius 1 is 1.58 bits per heavy atom. The van der Waals surface area contributed by atoms with Crippen molar-refractivity contribution in [3.05, 3.63) is 29.6 Å². The summed E-state index contributed by atoms with van der Waals surface area (Å²) in [6.45, 7) is 4.10. The molecule has 1 N–H and O–H groups in total. The standard InChI is InChI=1S/C14H18FNO3/c1-9-8-19-11(7-17)6-16(9)13-5-3-4-12(15)14(13)10(2)18/h3-5,9,11,17H,6-8H2,1-2H3. The van der Waals surface area contributed by atoms with E-state index in [0.29, 0.717) is 18.8 Å². The van der Waals surface area contributed by atoms with Gasteiger partial charge in [-0.15, -0.1) is 0 Å². The summed E-state index contributed by atoms with van der Waals surface area (Å²) in [4.78, 5) is 13.6. The smallest absolute Gasteiger partial charge is 0.164 e. The monoisotopic (exact) mass is 267 g/mol. The third-order valence-electron chi connectivity index (χ3n) is 3.36. The van der Waals surface area contributed by atoms with Crippen LogP contribution in [0.5, 0.6) is 0 Å². The van der Waals surface area contributed by atoms with E-state index in [1.165, 1.54) is 13.0 Å². The summed E-state index contributed by atoms with van der Waals surface area (Å²) in [6.07, 6.45) is -0.306. The molecule has 1 aromatic rings. The van der Waals surface area contributed by atoms with Gasteiger partial charge in [-0.2, -0.15) is 0 Å². The highest BCUT2D eigenvalue weighted by atomic mass is 19.1. The topological polar surface area (TPSA) is 49.8 Å². The van der Waals surface area contributed by atoms with E-state index in [9.17, 15) is 14.3 Å². The number of aliphatic hydroxyl groups is 1. The molecule has 0 radical (unpaired) electrons. The molecule has 19 heavy (non-hydrogen) atoms. The number of carbonyl (C=O) groups is 1. The molecule has 104 valence electrons. The van der Waals surface area contributed by atoms with Gasteiger partial charge in [-0.25, -0.2) is 4.39 Å². The Morgan fingerprint density at radius 3 is 2.95 bits per heavy atom. The van der Waals surface area contributed by atoms with Gasteiger partial charge in [0.15, 0.2) is 5.78 Å². The van der Waals surface area contributed by atoms with Gasteiger partial charge in [0.2, 0.25) is 0 Å². The third kappa shape index (κ3) is 2.77. The fraction of sp³-hybridized carbons (Fsp3) is 0.500. The molecule has 2 rings (SSSR count). The van der Waals surface area contributed by atoms with Crippen LogP contribution in [0.4, 0.5) is 10.1 Å². The second-order valence-corrected chi connectivity index (χ2v) is 4.83. The first-order valence-corrected chi connectivity index (χ1v) is 6.33. The molecule has 0 bridgehead atoms. The van der Waals surface area contributed by atoms with Crippen LogP contribution in [-0.2, 0) is 4.74 Å². The average Bonchev–Trinajstić information content (AvgIpc) is 2.38. The molecule has 0 aromatic heterocycles. The molecule has 1 aliphatic heterocycles. The summed E-state index contributed by atoms with van der Waals surface area (Å²) in [5.74, 6) is -0.809. The molecule has 0 amide bonds. The first-order chi connectivity index (χ1) is 9.04. The molecule has 1 aromatic carbocycles. The molecule has 0 saturated carbocycles. The minimum Gasteiger partial charge on any atom is -0.394 e. The molecular weight excluding hydrogens is 249 g/mol. The molecule has 1 saturated heterocycles. The lowest BCUT2D eigenvalue weighted by atomic mass is 10.0. The van der Waals surface area contributed by atoms with E-state index in [2.05, 4.69) is 0 Å². The highest BCUT2D eigenvalue weighted by Gasteiger charge is 2.28. The van der Waals surface area contributed by atoms with E-state index in [1.807, 2.05) is 11.8 Å². The number of morpholine rings is 1. The number of carbonyl (C=O) groups excluding carboxylic acids is 1. The number of nitrogens with zero attached hydrogens (tertiary/aromatic N) is 1. The first kappa shape index (κ1) is 14.0. The van der Waals surface area contributed by atoms with Crippen molar-refractivity contribution in [3.63, 3.8) is 0 Å². The Hall–Kier alpha value is -1.46. The van der Waals surface area contributed by atoms with E-state index in [-0.39, 0.29) is 30.1 Å². The van der Waals surface area contributed by atoms with Gasteiger partial charge in [-0.05, 0) is 26.0 Å². The number of hydrogen-bond acceptors (Lipinski definition) is 4. The third-order valence-corrected chi connectivity index (χ3v) is 3.36. The van der Waals surface area contributed by atoms with Crippen molar-refractivity contribution < 1.29 is 19.0 Å². The van der Waals surface area contributed by atoms with Crippen molar-refractivity contribution in [1.29, 1.82) is 0 Å². The van der Waals surface area contributed by atoms with E-state index in [0.717, 1.165) is 0 Å². The lowest BCUT2D eigenvalue weighted by Crippen LogP contribution is -2.50. The zero-order valence-electron chi connectivity index (χ0n) is 11.1. The fourth-order valence-corrected chi connectivity index (χ4v) is 2.36. The van der Waals surface area contributed by atoms with Crippen LogP contribution in [0.25, 0.3) is 0 Å². The van der Waals surface area contributed by atoms with Crippen molar-refractivity contribution >= 4 is 11.5 Å². The minimum atomic E-state index is -0.510. The summed E-state index contributed by atoms with van der Waals surface area (Å²) in [7, 11) is 0. The lowest BCUT2D eigenvalue weighted by molar-refractivity contribution is -0.0103. The Balaban J connectivity index is 2.39. The quantitative estimate of drug-likeness (QED) is 0.845. The van der Waals surface area contributed by atoms with Crippen molar-refractivity contribution in [3.8, 4) is 0 Å². The van der Waals surface area contributed by atoms with E-state index < -0.39 is 5.82 Å². The van der Waals surface area contributed by atoms with Crippen molar-refractivity contribution in [2.75, 3.05) is 24.7 Å². The predicted octanol–water partition coefficient (Wildman–Crippen LogP) is 1.61. The summed E-state index contributed by atoms with van der Waals surface area (Å²) in [6, 6.07) is 4.64. The van der Waals surface area contributed by atoms with Gasteiger partial charge in [0.25, 0.3) is 0 Å². The Labute approximate surface area is 111 Å². The van der Waals surface area contributed by atoms with Crippen LogP contribution in [-0.4, -0.2) is 42.8 Å². The molecule has 1 fully saturated rings. The molecule has 0 spiro atoms. The van der Waals surface area contributed by atoms with E-state index in [4.69, 9.17) is 4.74 Å². The fourth-order valence-electron chi connectivity index (χ4n) is 2.36. The molecule has 2 atom stereocenters. The largest absolute Gasteiger partial charge is 0.394 e. The molecule has 4 nitrogen and oxygen atoms in total. The van der Waals surface area contributed by atoms with E-state index in [1.54, 1.807) is 12.1 Å². The summed E-state index contributed by atoms with van der Waals surface area (Å²) < 4.78 is 19.3. The zero-order valence-corrected chi connectivity index (χ0v) is 11.1. The second-order valence-electron chi connectivity index (χ2n) is 4.83. The van der Waals surface area contributed by atoms with Gasteiger partial charge < -0.3 is 14.7 Å². The highest BCUT2D eigenvalue weighted by Crippen LogP contribution is 2.28. The van der Waals surface area contributed by atoms with Crippen LogP contribution >= 0.6 is 0 Å². The Morgan fingerprint density at radius 2 is 2.32 bits per heavy atom. The average molecular weight is 267 g/mol. The minimum absolute atomic E-state index is 0.0303. The number of halogens is 1. The number of Topliss-reactive ketones (excluding diaryl/α,β-unsaturated/α-hetero) is 1. The highest BCUT2D eigenvalue weighted by molar-refractivity contribution is 6.00. The van der Waals surface area contributed by atoms with E-state index >= 15 is 0 Å². The number of rotatable bonds is 3. The van der Waals surface area contributed by atoms with Gasteiger partial charge in [0, 0.05) is 12.6 Å². The number of hydrogen-bond donors (Lipinski definition) is 1. The maximum absolute atomic E-state index is 13.8. The molecule has 2 unspecified atom stereocenters. The normalized spacial score (nSPS) is 23.5. The molecule has 0 aliphatic carbocycles. The maximum Gasteiger partial charge on any atom is 0.164 e. The number of benzene rings is 1. The number of ketones is 1. The SMILES string of the molecule is CC(=O)c1c(F)cccc1N1CC(CO)OCC1C. The molecule has 5 heteroatoms. The Bertz CT molecular complexity index is 478. The van der Waals surface area contributed by atoms with Crippen molar-refractivity contribution in [2.45, 2.75) is 26.0 Å². The first-order valence-electron chi connectivity index (χ1n) is 6.33. The van der Waals surface area contributed by atoms with Gasteiger partial charge in [0.1, 0.15) is 5.82 Å². The van der Waals surface area contributed by atoms with Crippen molar-refractivity contribution in [1.82, 2.24) is 0 Å². The summed E-state index contributed by atoms with van der Waals surface area (Å²) >= 11 is 0. The number of anilines is 1. The second kappa shape index (κ2) is 5.67. The molecular formula is C14H18FNO3. The van der Waals surface area contributed by atoms with Crippen LogP contribution in [0.2, 0.25) is 0 Å². The lowest BCUT2D eigenvalue weighted by Gasteiger charge is -2.39. The van der Waals surface area contributed by atoms with Gasteiger partial charge >= 0.3 is 0 Å². The zero-order chi connectivity index (χ0) is 14.0. The summed E-state index contributed by atoms with van der Waals surface area (Å²) in [5.41, 5.74) is 0.676. The van der Waals surface area contributed by atoms with Gasteiger partial charge in [0.05, 0.1) is 30.6 Å². The van der Waals surface area contributed by atoms with Crippen LogP contribution in [0.15, 0.2) is 18.2 Å². The maximum atomic E-state index is 13.8. The predicted molar refractivity (Wildman–Crippen MR) is 70.0 cm³/mol. The molecule has 1 heterocycles. The molecule has 1 aliphatic rings. The van der Waals surface area contributed by atoms with Crippen LogP contribution in [0.3, 0.4) is 0 Å². The number of ether oxygens (including phenoxy) is 1. The number of aliphatic hydroxyl groups excluding tert-OH is 1. The van der Waals surface area contributed by atoms with Crippen LogP contribution in [0.1, 0.15) is 24.2 Å². The summed E-state index contributed by atoms with van der Waals surface area (Å²) in [5, 5.41) is 9.18. The Kier molecular flexibility index (Phi) is 4.17. The van der Waals surface area contributed by atoms with Gasteiger partial charge in [-0.3, -0.25) is 4.79 Å². The van der Waals surface area contributed by atoms with Crippen molar-refractivity contribution in [2.24, 2.45) is 0 Å². The van der Waals surface area contributed by atoms with Gasteiger partial charge in [-0.1, -0.05) is 6.07 Å².